The van der Waals surface area contributed by atoms with E-state index in [2.05, 4.69) is 27.7 Å². The summed E-state index contributed by atoms with van der Waals surface area (Å²) in [6.45, 7) is 9.50. The van der Waals surface area contributed by atoms with Crippen molar-refractivity contribution in [3.63, 3.8) is 0 Å². The van der Waals surface area contributed by atoms with Crippen LogP contribution in [0, 0.1) is 5.41 Å². The molecule has 0 heterocycles. The van der Waals surface area contributed by atoms with E-state index < -0.39 is 0 Å². The Morgan fingerprint density at radius 1 is 0.357 bits per heavy atom. The summed E-state index contributed by atoms with van der Waals surface area (Å²) in [4.78, 5) is 0. The number of unbranched alkanes of at least 4 members (excludes halogenated alkanes) is 19. The number of hydrogen-bond acceptors (Lipinski definition) is 0. The average Bonchev–Trinajstić information content (AvgIpc) is 2.72. The van der Waals surface area contributed by atoms with E-state index in [4.69, 9.17) is 0 Å². The van der Waals surface area contributed by atoms with Crippen LogP contribution in [-0.4, -0.2) is 0 Å². The lowest BCUT2D eigenvalue weighted by Gasteiger charge is -2.26. The van der Waals surface area contributed by atoms with Gasteiger partial charge >= 0.3 is 0 Å². The minimum absolute atomic E-state index is 0.619. The molecule has 0 nitrogen and oxygen atoms in total. The first-order valence-corrected chi connectivity index (χ1v) is 13.7. The van der Waals surface area contributed by atoms with Crippen LogP contribution in [0.4, 0.5) is 0 Å². The summed E-state index contributed by atoms with van der Waals surface area (Å²) in [5.74, 6) is 0. The van der Waals surface area contributed by atoms with Crippen LogP contribution < -0.4 is 0 Å². The van der Waals surface area contributed by atoms with Gasteiger partial charge in [0.1, 0.15) is 0 Å². The molecule has 28 heavy (non-hydrogen) atoms. The molecule has 0 N–H and O–H groups in total. The van der Waals surface area contributed by atoms with Gasteiger partial charge in [0, 0.05) is 0 Å². The van der Waals surface area contributed by atoms with Crippen molar-refractivity contribution >= 4 is 0 Å². The van der Waals surface area contributed by atoms with E-state index in [1.807, 2.05) is 0 Å². The van der Waals surface area contributed by atoms with Gasteiger partial charge in [0.05, 0.1) is 0 Å². The zero-order chi connectivity index (χ0) is 20.8. The molecule has 0 amide bonds. The smallest absolute Gasteiger partial charge is 0.0331 e. The molecule has 0 bridgehead atoms. The molecule has 0 aromatic rings. The highest BCUT2D eigenvalue weighted by Crippen LogP contribution is 2.31. The minimum atomic E-state index is 0.619. The number of rotatable bonds is 23. The predicted molar refractivity (Wildman–Crippen MR) is 131 cm³/mol. The lowest BCUT2D eigenvalue weighted by molar-refractivity contribution is 0.261. The molecule has 0 aliphatic rings. The molecule has 0 saturated heterocycles. The van der Waals surface area contributed by atoms with Crippen LogP contribution in [-0.2, 0) is 0 Å². The Morgan fingerprint density at radius 2 is 0.607 bits per heavy atom. The van der Waals surface area contributed by atoms with Crippen molar-refractivity contribution in [1.82, 2.24) is 0 Å². The first-order chi connectivity index (χ1) is 13.7. The summed E-state index contributed by atoms with van der Waals surface area (Å²) < 4.78 is 0. The maximum absolute atomic E-state index is 2.47. The molecule has 170 valence electrons. The highest BCUT2D eigenvalue weighted by atomic mass is 14.2. The van der Waals surface area contributed by atoms with Gasteiger partial charge in [0.2, 0.25) is 0 Å². The van der Waals surface area contributed by atoms with Crippen molar-refractivity contribution in [2.75, 3.05) is 0 Å². The van der Waals surface area contributed by atoms with Crippen LogP contribution in [0.3, 0.4) is 0 Å². The van der Waals surface area contributed by atoms with Gasteiger partial charge in [0.25, 0.3) is 0 Å². The van der Waals surface area contributed by atoms with E-state index in [-0.39, 0.29) is 0 Å². The standard InChI is InChI=1S/C28H58/c1-5-8-9-10-11-12-13-14-15-16-17-18-19-20-21-22-23-24-25-26-27-28(4,6-2)7-3/h5-27H2,1-4H3. The molecule has 0 rings (SSSR count). The molecule has 0 aliphatic heterocycles. The van der Waals surface area contributed by atoms with Crippen molar-refractivity contribution in [2.24, 2.45) is 5.41 Å². The molecule has 0 saturated carbocycles. The third-order valence-electron chi connectivity index (χ3n) is 7.34. The van der Waals surface area contributed by atoms with E-state index in [9.17, 15) is 0 Å². The average molecular weight is 395 g/mol. The quantitative estimate of drug-likeness (QED) is 0.151. The minimum Gasteiger partial charge on any atom is -0.0654 e. The molecular formula is C28H58. The zero-order valence-corrected chi connectivity index (χ0v) is 20.8. The summed E-state index contributed by atoms with van der Waals surface area (Å²) in [6.07, 6.45) is 33.6. The van der Waals surface area contributed by atoms with Gasteiger partial charge in [-0.15, -0.1) is 0 Å². The largest absolute Gasteiger partial charge is 0.0654 e. The molecule has 0 fully saturated rings. The van der Waals surface area contributed by atoms with Crippen molar-refractivity contribution in [1.29, 1.82) is 0 Å². The summed E-state index contributed by atoms with van der Waals surface area (Å²) in [6, 6.07) is 0. The van der Waals surface area contributed by atoms with Gasteiger partial charge < -0.3 is 0 Å². The number of hydrogen-bond donors (Lipinski definition) is 0. The Balaban J connectivity index is 3.11. The van der Waals surface area contributed by atoms with Gasteiger partial charge in [-0.05, 0) is 11.8 Å². The van der Waals surface area contributed by atoms with Crippen LogP contribution in [0.2, 0.25) is 0 Å². The fourth-order valence-corrected chi connectivity index (χ4v) is 4.41. The zero-order valence-electron chi connectivity index (χ0n) is 20.8. The van der Waals surface area contributed by atoms with Crippen LogP contribution in [0.25, 0.3) is 0 Å². The predicted octanol–water partition coefficient (Wildman–Crippen LogP) is 11.0. The molecule has 0 atom stereocenters. The van der Waals surface area contributed by atoms with E-state index in [1.165, 1.54) is 148 Å². The lowest BCUT2D eigenvalue weighted by atomic mass is 9.80. The van der Waals surface area contributed by atoms with Crippen LogP contribution in [0.15, 0.2) is 0 Å². The van der Waals surface area contributed by atoms with E-state index in [1.54, 1.807) is 0 Å². The summed E-state index contributed by atoms with van der Waals surface area (Å²) in [5, 5.41) is 0. The van der Waals surface area contributed by atoms with Crippen molar-refractivity contribution in [3.05, 3.63) is 0 Å². The van der Waals surface area contributed by atoms with Crippen molar-refractivity contribution in [3.8, 4) is 0 Å². The van der Waals surface area contributed by atoms with Crippen molar-refractivity contribution in [2.45, 2.75) is 175 Å². The van der Waals surface area contributed by atoms with E-state index in [0.717, 1.165) is 0 Å². The summed E-state index contributed by atoms with van der Waals surface area (Å²) in [5.41, 5.74) is 0.619. The first-order valence-electron chi connectivity index (χ1n) is 13.7. The molecule has 0 unspecified atom stereocenters. The fourth-order valence-electron chi connectivity index (χ4n) is 4.41. The lowest BCUT2D eigenvalue weighted by Crippen LogP contribution is -2.13. The van der Waals surface area contributed by atoms with E-state index in [0.29, 0.717) is 5.41 Å². The fraction of sp³-hybridized carbons (Fsp3) is 1.00. The van der Waals surface area contributed by atoms with Crippen LogP contribution >= 0.6 is 0 Å². The van der Waals surface area contributed by atoms with E-state index >= 15 is 0 Å². The molecule has 0 heteroatoms. The second-order valence-corrected chi connectivity index (χ2v) is 9.99. The summed E-state index contributed by atoms with van der Waals surface area (Å²) in [7, 11) is 0. The molecule has 0 radical (unpaired) electrons. The Bertz CT molecular complexity index is 276. The Labute approximate surface area is 181 Å². The Hall–Kier alpha value is 0. The third-order valence-corrected chi connectivity index (χ3v) is 7.34. The Kier molecular flexibility index (Phi) is 21.7. The topological polar surface area (TPSA) is 0 Å². The monoisotopic (exact) mass is 394 g/mol. The molecular weight excluding hydrogens is 336 g/mol. The second-order valence-electron chi connectivity index (χ2n) is 9.99. The van der Waals surface area contributed by atoms with Gasteiger partial charge in [-0.1, -0.05) is 169 Å². The highest BCUT2D eigenvalue weighted by Gasteiger charge is 2.18. The van der Waals surface area contributed by atoms with Crippen LogP contribution in [0.5, 0.6) is 0 Å². The summed E-state index contributed by atoms with van der Waals surface area (Å²) >= 11 is 0. The third kappa shape index (κ3) is 19.3. The molecule has 0 aromatic heterocycles. The molecule has 0 spiro atoms. The van der Waals surface area contributed by atoms with Gasteiger partial charge in [-0.25, -0.2) is 0 Å². The maximum atomic E-state index is 2.47. The first kappa shape index (κ1) is 28.0. The van der Waals surface area contributed by atoms with Crippen molar-refractivity contribution < 1.29 is 0 Å². The second kappa shape index (κ2) is 21.7. The molecule has 0 aromatic carbocycles. The van der Waals surface area contributed by atoms with Gasteiger partial charge in [-0.2, -0.15) is 0 Å². The SMILES string of the molecule is CCCCCCCCCCCCCCCCCCCCCCC(C)(CC)CC. The van der Waals surface area contributed by atoms with Gasteiger partial charge in [-0.3, -0.25) is 0 Å². The maximum Gasteiger partial charge on any atom is -0.0331 e. The Morgan fingerprint density at radius 3 is 0.857 bits per heavy atom. The van der Waals surface area contributed by atoms with Gasteiger partial charge in [0.15, 0.2) is 0 Å². The highest BCUT2D eigenvalue weighted by molar-refractivity contribution is 4.70. The molecule has 0 aliphatic carbocycles. The normalized spacial score (nSPS) is 12.0. The van der Waals surface area contributed by atoms with Crippen LogP contribution in [0.1, 0.15) is 175 Å².